The molecule has 0 saturated heterocycles. The van der Waals surface area contributed by atoms with Gasteiger partial charge in [0.1, 0.15) is 5.82 Å². The molecule has 3 nitrogen and oxygen atoms in total. The van der Waals surface area contributed by atoms with E-state index in [2.05, 4.69) is 0 Å². The largest absolute Gasteiger partial charge is 0.478 e. The van der Waals surface area contributed by atoms with E-state index in [0.717, 1.165) is 0 Å². The lowest BCUT2D eigenvalue weighted by Crippen LogP contribution is -1.99. The van der Waals surface area contributed by atoms with Crippen molar-refractivity contribution in [3.05, 3.63) is 35.2 Å². The number of aliphatic carboxylic acids is 1. The Morgan fingerprint density at radius 2 is 2.27 bits per heavy atom. The summed E-state index contributed by atoms with van der Waals surface area (Å²) in [6.07, 6.45) is 1.89. The normalized spacial score (nSPS) is 11.5. The summed E-state index contributed by atoms with van der Waals surface area (Å²) in [6.45, 7) is 1.74. The van der Waals surface area contributed by atoms with Gasteiger partial charge in [-0.1, -0.05) is 13.0 Å². The van der Waals surface area contributed by atoms with Gasteiger partial charge in [-0.2, -0.15) is 0 Å². The van der Waals surface area contributed by atoms with Gasteiger partial charge in [0.2, 0.25) is 0 Å². The number of nitrogen functional groups attached to an aromatic ring is 1. The zero-order valence-electron chi connectivity index (χ0n) is 8.33. The Hall–Kier alpha value is -1.84. The first-order valence-electron chi connectivity index (χ1n) is 4.53. The van der Waals surface area contributed by atoms with Gasteiger partial charge in [0.05, 0.1) is 5.69 Å². The molecule has 1 aromatic rings. The van der Waals surface area contributed by atoms with Crippen molar-refractivity contribution in [2.45, 2.75) is 13.3 Å². The molecular formula is C11H12FNO2. The number of carboxylic acids is 1. The Labute approximate surface area is 87.0 Å². The van der Waals surface area contributed by atoms with Crippen LogP contribution in [0.5, 0.6) is 0 Å². The summed E-state index contributed by atoms with van der Waals surface area (Å²) in [5, 5.41) is 8.78. The van der Waals surface area contributed by atoms with Crippen LogP contribution in [0.15, 0.2) is 23.8 Å². The van der Waals surface area contributed by atoms with Crippen LogP contribution < -0.4 is 5.73 Å². The van der Waals surface area contributed by atoms with E-state index in [4.69, 9.17) is 10.8 Å². The van der Waals surface area contributed by atoms with Crippen LogP contribution >= 0.6 is 0 Å². The van der Waals surface area contributed by atoms with Crippen LogP contribution in [0, 0.1) is 5.82 Å². The quantitative estimate of drug-likeness (QED) is 0.593. The highest BCUT2D eigenvalue weighted by atomic mass is 19.1. The molecule has 0 radical (unpaired) electrons. The number of anilines is 1. The molecule has 0 amide bonds. The Bertz CT molecular complexity index is 413. The Morgan fingerprint density at radius 3 is 2.73 bits per heavy atom. The second-order valence-corrected chi connectivity index (χ2v) is 3.11. The van der Waals surface area contributed by atoms with Crippen molar-refractivity contribution in [3.63, 3.8) is 0 Å². The van der Waals surface area contributed by atoms with Crippen molar-refractivity contribution in [3.8, 4) is 0 Å². The monoisotopic (exact) mass is 209 g/mol. The number of halogens is 1. The summed E-state index contributed by atoms with van der Waals surface area (Å²) >= 11 is 0. The highest BCUT2D eigenvalue weighted by Crippen LogP contribution is 2.16. The molecule has 0 heterocycles. The molecule has 3 N–H and O–H groups in total. The fraction of sp³-hybridized carbons (Fsp3) is 0.182. The van der Waals surface area contributed by atoms with Gasteiger partial charge in [0, 0.05) is 5.57 Å². The van der Waals surface area contributed by atoms with Crippen LogP contribution in [0.1, 0.15) is 18.9 Å². The van der Waals surface area contributed by atoms with Gasteiger partial charge in [0.25, 0.3) is 0 Å². The minimum absolute atomic E-state index is 0.0181. The summed E-state index contributed by atoms with van der Waals surface area (Å²) in [5.74, 6) is -1.47. The molecule has 0 aliphatic heterocycles. The zero-order chi connectivity index (χ0) is 11.4. The lowest BCUT2D eigenvalue weighted by Gasteiger charge is -2.00. The van der Waals surface area contributed by atoms with Gasteiger partial charge in [-0.25, -0.2) is 9.18 Å². The van der Waals surface area contributed by atoms with Crippen molar-refractivity contribution in [2.24, 2.45) is 0 Å². The van der Waals surface area contributed by atoms with Gasteiger partial charge < -0.3 is 10.8 Å². The van der Waals surface area contributed by atoms with Crippen molar-refractivity contribution in [1.29, 1.82) is 0 Å². The number of nitrogens with two attached hydrogens (primary N) is 1. The molecule has 0 saturated carbocycles. The van der Waals surface area contributed by atoms with E-state index in [1.54, 1.807) is 6.92 Å². The number of hydrogen-bond donors (Lipinski definition) is 2. The van der Waals surface area contributed by atoms with Crippen molar-refractivity contribution in [1.82, 2.24) is 0 Å². The molecule has 0 spiro atoms. The average Bonchev–Trinajstić information content (AvgIpc) is 2.19. The summed E-state index contributed by atoms with van der Waals surface area (Å²) in [6, 6.07) is 4.12. The smallest absolute Gasteiger partial charge is 0.331 e. The first-order chi connectivity index (χ1) is 7.04. The van der Waals surface area contributed by atoms with Crippen LogP contribution in [-0.4, -0.2) is 11.1 Å². The maximum absolute atomic E-state index is 12.8. The lowest BCUT2D eigenvalue weighted by atomic mass is 10.1. The molecule has 0 unspecified atom stereocenters. The third-order valence-electron chi connectivity index (χ3n) is 2.02. The molecule has 0 aliphatic carbocycles. The van der Waals surface area contributed by atoms with Crippen LogP contribution in [0.3, 0.4) is 0 Å². The molecular weight excluding hydrogens is 197 g/mol. The van der Waals surface area contributed by atoms with Gasteiger partial charge in [-0.15, -0.1) is 0 Å². The fourth-order valence-electron chi connectivity index (χ4n) is 1.17. The lowest BCUT2D eigenvalue weighted by molar-refractivity contribution is -0.132. The van der Waals surface area contributed by atoms with Gasteiger partial charge in [-0.3, -0.25) is 0 Å². The summed E-state index contributed by atoms with van der Waals surface area (Å²) in [4.78, 5) is 10.7. The third-order valence-corrected chi connectivity index (χ3v) is 2.02. The molecule has 0 aromatic heterocycles. The van der Waals surface area contributed by atoms with E-state index in [1.807, 2.05) is 0 Å². The van der Waals surface area contributed by atoms with E-state index < -0.39 is 11.8 Å². The summed E-state index contributed by atoms with van der Waals surface area (Å²) in [7, 11) is 0. The number of hydrogen-bond acceptors (Lipinski definition) is 2. The number of carboxylic acid groups (broad SMARTS) is 1. The maximum Gasteiger partial charge on any atom is 0.331 e. The van der Waals surface area contributed by atoms with E-state index >= 15 is 0 Å². The summed E-state index contributed by atoms with van der Waals surface area (Å²) in [5.41, 5.74) is 6.24. The van der Waals surface area contributed by atoms with Crippen molar-refractivity contribution < 1.29 is 14.3 Å². The second kappa shape index (κ2) is 4.59. The zero-order valence-corrected chi connectivity index (χ0v) is 8.33. The number of carbonyl (C=O) groups is 1. The standard InChI is InChI=1S/C11H12FNO2/c1-2-8(11(14)15)5-7-3-4-9(12)10(13)6-7/h3-6H,2,13H2,1H3,(H,14,15). The minimum atomic E-state index is -0.972. The highest BCUT2D eigenvalue weighted by molar-refractivity contribution is 5.92. The molecule has 0 aliphatic rings. The Kier molecular flexibility index (Phi) is 3.44. The first-order valence-corrected chi connectivity index (χ1v) is 4.53. The average molecular weight is 209 g/mol. The SMILES string of the molecule is CCC(=Cc1ccc(F)c(N)c1)C(=O)O. The summed E-state index contributed by atoms with van der Waals surface area (Å²) < 4.78 is 12.8. The van der Waals surface area contributed by atoms with E-state index in [9.17, 15) is 9.18 Å². The molecule has 0 bridgehead atoms. The van der Waals surface area contributed by atoms with Crippen molar-refractivity contribution >= 4 is 17.7 Å². The van der Waals surface area contributed by atoms with Crippen LogP contribution in [-0.2, 0) is 4.79 Å². The molecule has 1 rings (SSSR count). The predicted molar refractivity (Wildman–Crippen MR) is 56.7 cm³/mol. The second-order valence-electron chi connectivity index (χ2n) is 3.11. The topological polar surface area (TPSA) is 63.3 Å². The van der Waals surface area contributed by atoms with E-state index in [0.29, 0.717) is 12.0 Å². The van der Waals surface area contributed by atoms with Crippen LogP contribution in [0.4, 0.5) is 10.1 Å². The fourth-order valence-corrected chi connectivity index (χ4v) is 1.17. The first kappa shape index (κ1) is 11.2. The van der Waals surface area contributed by atoms with Gasteiger partial charge >= 0.3 is 5.97 Å². The third kappa shape index (κ3) is 2.80. The molecule has 1 aromatic carbocycles. The van der Waals surface area contributed by atoms with Gasteiger partial charge in [0.15, 0.2) is 0 Å². The number of benzene rings is 1. The van der Waals surface area contributed by atoms with Crippen molar-refractivity contribution in [2.75, 3.05) is 5.73 Å². The Balaban J connectivity index is 3.07. The molecule has 0 fully saturated rings. The maximum atomic E-state index is 12.8. The van der Waals surface area contributed by atoms with Gasteiger partial charge in [-0.05, 0) is 30.2 Å². The van der Waals surface area contributed by atoms with E-state index in [-0.39, 0.29) is 11.3 Å². The number of rotatable bonds is 3. The Morgan fingerprint density at radius 1 is 1.60 bits per heavy atom. The minimum Gasteiger partial charge on any atom is -0.478 e. The van der Waals surface area contributed by atoms with E-state index in [1.165, 1.54) is 24.3 Å². The van der Waals surface area contributed by atoms with Crippen LogP contribution in [0.2, 0.25) is 0 Å². The molecule has 4 heteroatoms. The molecule has 0 atom stereocenters. The molecule has 15 heavy (non-hydrogen) atoms. The molecule has 80 valence electrons. The highest BCUT2D eigenvalue weighted by Gasteiger charge is 2.05. The van der Waals surface area contributed by atoms with Crippen LogP contribution in [0.25, 0.3) is 6.08 Å². The predicted octanol–water partition coefficient (Wildman–Crippen LogP) is 2.29.